The fourth-order valence-corrected chi connectivity index (χ4v) is 2.03. The first-order valence-corrected chi connectivity index (χ1v) is 6.50. The second kappa shape index (κ2) is 6.87. The summed E-state index contributed by atoms with van der Waals surface area (Å²) < 4.78 is 5.53. The zero-order valence-electron chi connectivity index (χ0n) is 10.1. The molecule has 0 fully saturated rings. The minimum absolute atomic E-state index is 0.0167. The van der Waals surface area contributed by atoms with Gasteiger partial charge in [-0.3, -0.25) is 4.79 Å². The van der Waals surface area contributed by atoms with Gasteiger partial charge in [-0.2, -0.15) is 0 Å². The van der Waals surface area contributed by atoms with E-state index in [2.05, 4.69) is 0 Å². The first-order chi connectivity index (χ1) is 8.10. The summed E-state index contributed by atoms with van der Waals surface area (Å²) in [7, 11) is 0. The second-order valence-electron chi connectivity index (χ2n) is 3.79. The Labute approximate surface area is 112 Å². The maximum Gasteiger partial charge on any atom is 0.166 e. The van der Waals surface area contributed by atoms with Crippen LogP contribution in [0.4, 0.5) is 0 Å². The highest BCUT2D eigenvalue weighted by atomic mass is 35.5. The first-order valence-electron chi connectivity index (χ1n) is 5.75. The second-order valence-corrected chi connectivity index (χ2v) is 4.63. The molecule has 1 aromatic carbocycles. The van der Waals surface area contributed by atoms with Crippen LogP contribution in [0.1, 0.15) is 43.5 Å². The van der Waals surface area contributed by atoms with Crippen LogP contribution >= 0.6 is 23.2 Å². The number of Topliss-reactive ketones (excluding diaryl/α,β-unsaturated/α-hetero) is 1. The van der Waals surface area contributed by atoms with Crippen molar-refractivity contribution < 1.29 is 9.53 Å². The van der Waals surface area contributed by atoms with E-state index in [-0.39, 0.29) is 5.78 Å². The fourth-order valence-electron chi connectivity index (χ4n) is 1.48. The highest BCUT2D eigenvalue weighted by Gasteiger charge is 2.16. The van der Waals surface area contributed by atoms with E-state index < -0.39 is 0 Å². The van der Waals surface area contributed by atoms with Crippen molar-refractivity contribution in [2.75, 3.05) is 6.61 Å². The summed E-state index contributed by atoms with van der Waals surface area (Å²) in [5.41, 5.74) is 0.484. The van der Waals surface area contributed by atoms with Gasteiger partial charge in [-0.15, -0.1) is 0 Å². The number of carbonyl (C=O) groups excluding carboxylic acids is 1. The molecule has 0 atom stereocenters. The van der Waals surface area contributed by atoms with Gasteiger partial charge in [-0.05, 0) is 25.0 Å². The molecular weight excluding hydrogens is 259 g/mol. The Balaban J connectivity index is 3.10. The molecule has 1 rings (SSSR count). The molecule has 0 radical (unpaired) electrons. The van der Waals surface area contributed by atoms with Gasteiger partial charge in [0.15, 0.2) is 5.78 Å². The molecule has 0 aliphatic carbocycles. The Hall–Kier alpha value is -0.730. The Morgan fingerprint density at radius 3 is 2.53 bits per heavy atom. The predicted octanol–water partition coefficient (Wildman–Crippen LogP) is 4.77. The maximum atomic E-state index is 11.9. The van der Waals surface area contributed by atoms with Crippen molar-refractivity contribution in [3.05, 3.63) is 27.7 Å². The number of benzene rings is 1. The van der Waals surface area contributed by atoms with E-state index in [0.29, 0.717) is 34.4 Å². The zero-order valence-corrected chi connectivity index (χ0v) is 11.6. The van der Waals surface area contributed by atoms with Gasteiger partial charge >= 0.3 is 0 Å². The summed E-state index contributed by atoms with van der Waals surface area (Å²) in [6.07, 6.45) is 2.12. The minimum Gasteiger partial charge on any atom is -0.491 e. The van der Waals surface area contributed by atoms with E-state index in [4.69, 9.17) is 27.9 Å². The Morgan fingerprint density at radius 2 is 1.94 bits per heavy atom. The van der Waals surface area contributed by atoms with E-state index >= 15 is 0 Å². The van der Waals surface area contributed by atoms with E-state index in [9.17, 15) is 4.79 Å². The molecule has 0 bridgehead atoms. The van der Waals surface area contributed by atoms with Crippen molar-refractivity contribution in [1.29, 1.82) is 0 Å². The van der Waals surface area contributed by atoms with Crippen LogP contribution in [0.2, 0.25) is 10.0 Å². The highest BCUT2D eigenvalue weighted by Crippen LogP contribution is 2.33. The standard InChI is InChI=1S/C13H16Cl2O2/c1-3-5-12(16)10-7-9(14)8-11(15)13(10)17-6-4-2/h7-8H,3-6H2,1-2H3. The minimum atomic E-state index is 0.0167. The van der Waals surface area contributed by atoms with Gasteiger partial charge in [0.1, 0.15) is 5.75 Å². The largest absolute Gasteiger partial charge is 0.491 e. The van der Waals surface area contributed by atoms with Crippen molar-refractivity contribution in [2.24, 2.45) is 0 Å². The highest BCUT2D eigenvalue weighted by molar-refractivity contribution is 6.36. The third kappa shape index (κ3) is 3.90. The zero-order chi connectivity index (χ0) is 12.8. The van der Waals surface area contributed by atoms with Gasteiger partial charge in [-0.1, -0.05) is 37.0 Å². The lowest BCUT2D eigenvalue weighted by Gasteiger charge is -2.12. The van der Waals surface area contributed by atoms with Crippen LogP contribution in [-0.2, 0) is 0 Å². The van der Waals surface area contributed by atoms with E-state index in [1.165, 1.54) is 0 Å². The smallest absolute Gasteiger partial charge is 0.166 e. The number of ketones is 1. The van der Waals surface area contributed by atoms with Crippen LogP contribution in [0.25, 0.3) is 0 Å². The predicted molar refractivity (Wildman–Crippen MR) is 71.5 cm³/mol. The van der Waals surface area contributed by atoms with E-state index in [1.807, 2.05) is 13.8 Å². The van der Waals surface area contributed by atoms with Crippen LogP contribution in [-0.4, -0.2) is 12.4 Å². The molecule has 0 spiro atoms. The molecule has 0 aliphatic rings. The SMILES string of the molecule is CCCOc1c(Cl)cc(Cl)cc1C(=O)CCC. The molecule has 0 unspecified atom stereocenters. The number of carbonyl (C=O) groups is 1. The van der Waals surface area contributed by atoms with E-state index in [0.717, 1.165) is 12.8 Å². The number of hydrogen-bond donors (Lipinski definition) is 0. The first kappa shape index (κ1) is 14.3. The van der Waals surface area contributed by atoms with Gasteiger partial charge in [0.2, 0.25) is 0 Å². The molecule has 0 aromatic heterocycles. The molecule has 2 nitrogen and oxygen atoms in total. The van der Waals surface area contributed by atoms with Gasteiger partial charge < -0.3 is 4.74 Å². The quantitative estimate of drug-likeness (QED) is 0.699. The molecule has 0 heterocycles. The summed E-state index contributed by atoms with van der Waals surface area (Å²) in [5, 5.41) is 0.851. The van der Waals surface area contributed by atoms with Gasteiger partial charge in [0.25, 0.3) is 0 Å². The van der Waals surface area contributed by atoms with Crippen LogP contribution in [0.15, 0.2) is 12.1 Å². The van der Waals surface area contributed by atoms with Crippen molar-refractivity contribution in [2.45, 2.75) is 33.1 Å². The van der Waals surface area contributed by atoms with Gasteiger partial charge in [0, 0.05) is 11.4 Å². The number of rotatable bonds is 6. The third-order valence-electron chi connectivity index (χ3n) is 2.24. The monoisotopic (exact) mass is 274 g/mol. The van der Waals surface area contributed by atoms with Crippen molar-refractivity contribution in [3.8, 4) is 5.75 Å². The topological polar surface area (TPSA) is 26.3 Å². The van der Waals surface area contributed by atoms with Crippen molar-refractivity contribution in [3.63, 3.8) is 0 Å². The third-order valence-corrected chi connectivity index (χ3v) is 2.74. The van der Waals surface area contributed by atoms with Crippen molar-refractivity contribution >= 4 is 29.0 Å². The molecule has 4 heteroatoms. The van der Waals surface area contributed by atoms with Gasteiger partial charge in [-0.25, -0.2) is 0 Å². The average molecular weight is 275 g/mol. The van der Waals surface area contributed by atoms with Gasteiger partial charge in [0.05, 0.1) is 17.2 Å². The molecular formula is C13H16Cl2O2. The molecule has 0 N–H and O–H groups in total. The summed E-state index contributed by atoms with van der Waals surface area (Å²) in [6, 6.07) is 3.22. The normalized spacial score (nSPS) is 10.4. The Kier molecular flexibility index (Phi) is 5.79. The molecule has 0 saturated heterocycles. The summed E-state index contributed by atoms with van der Waals surface area (Å²) in [4.78, 5) is 11.9. The number of hydrogen-bond acceptors (Lipinski definition) is 2. The molecule has 0 aliphatic heterocycles. The Morgan fingerprint density at radius 1 is 1.24 bits per heavy atom. The van der Waals surface area contributed by atoms with Crippen LogP contribution in [0.3, 0.4) is 0 Å². The lowest BCUT2D eigenvalue weighted by atomic mass is 10.1. The summed E-state index contributed by atoms with van der Waals surface area (Å²) >= 11 is 12.0. The summed E-state index contributed by atoms with van der Waals surface area (Å²) in [5.74, 6) is 0.472. The van der Waals surface area contributed by atoms with Crippen LogP contribution < -0.4 is 4.74 Å². The Bertz CT molecular complexity index is 403. The van der Waals surface area contributed by atoms with E-state index in [1.54, 1.807) is 12.1 Å². The molecule has 94 valence electrons. The average Bonchev–Trinajstić information content (AvgIpc) is 2.27. The van der Waals surface area contributed by atoms with Crippen molar-refractivity contribution in [1.82, 2.24) is 0 Å². The molecule has 1 aromatic rings. The number of ether oxygens (including phenoxy) is 1. The molecule has 17 heavy (non-hydrogen) atoms. The fraction of sp³-hybridized carbons (Fsp3) is 0.462. The summed E-state index contributed by atoms with van der Waals surface area (Å²) in [6.45, 7) is 4.49. The van der Waals surface area contributed by atoms with Crippen LogP contribution in [0, 0.1) is 0 Å². The molecule has 0 amide bonds. The molecule has 0 saturated carbocycles. The lowest BCUT2D eigenvalue weighted by Crippen LogP contribution is -2.05. The number of halogens is 2. The van der Waals surface area contributed by atoms with Crippen LogP contribution in [0.5, 0.6) is 5.75 Å². The lowest BCUT2D eigenvalue weighted by molar-refractivity contribution is 0.0977. The maximum absolute atomic E-state index is 11.9.